The first-order valence-corrected chi connectivity index (χ1v) is 15.1. The van der Waals surface area contributed by atoms with Crippen molar-refractivity contribution in [2.45, 2.75) is 77.5 Å². The number of aromatic nitrogens is 2. The number of rotatable bonds is 5. The highest BCUT2D eigenvalue weighted by Gasteiger charge is 2.42. The summed E-state index contributed by atoms with van der Waals surface area (Å²) in [5.74, 6) is 0.741. The number of piperidine rings is 1. The predicted octanol–water partition coefficient (Wildman–Crippen LogP) is 6.52. The van der Waals surface area contributed by atoms with Crippen molar-refractivity contribution in [1.82, 2.24) is 19.6 Å². The minimum Gasteiger partial charge on any atom is -0.445 e. The van der Waals surface area contributed by atoms with Crippen LogP contribution in [-0.2, 0) is 34.5 Å². The Kier molecular flexibility index (Phi) is 7.87. The normalized spacial score (nSPS) is 18.4. The molecule has 3 aliphatic heterocycles. The Morgan fingerprint density at radius 1 is 1.05 bits per heavy atom. The predicted molar refractivity (Wildman–Crippen MR) is 160 cm³/mol. The van der Waals surface area contributed by atoms with Gasteiger partial charge in [-0.15, -0.1) is 0 Å². The van der Waals surface area contributed by atoms with Crippen molar-refractivity contribution in [3.63, 3.8) is 0 Å². The summed E-state index contributed by atoms with van der Waals surface area (Å²) in [5.41, 5.74) is 4.43. The summed E-state index contributed by atoms with van der Waals surface area (Å²) >= 11 is 0. The second kappa shape index (κ2) is 11.6. The Labute approximate surface area is 251 Å². The summed E-state index contributed by atoms with van der Waals surface area (Å²) in [5, 5.41) is 5.23. The first-order valence-electron chi connectivity index (χ1n) is 15.1. The van der Waals surface area contributed by atoms with E-state index in [1.807, 2.05) is 41.3 Å². The number of carbonyl (C=O) groups excluding carboxylic acids is 2. The number of likely N-dealkylation sites (tertiary alicyclic amines) is 1. The van der Waals surface area contributed by atoms with E-state index in [0.717, 1.165) is 46.7 Å². The van der Waals surface area contributed by atoms with Gasteiger partial charge in [0.15, 0.2) is 5.82 Å². The third-order valence-corrected chi connectivity index (χ3v) is 9.02. The van der Waals surface area contributed by atoms with Gasteiger partial charge in [-0.05, 0) is 42.9 Å². The van der Waals surface area contributed by atoms with Crippen molar-refractivity contribution < 1.29 is 23.1 Å². The molecule has 2 aromatic carbocycles. The molecule has 0 N–H and O–H groups in total. The molecule has 1 fully saturated rings. The van der Waals surface area contributed by atoms with Crippen molar-refractivity contribution in [1.29, 1.82) is 0 Å². The van der Waals surface area contributed by atoms with Crippen LogP contribution in [0, 0.1) is 0 Å². The summed E-state index contributed by atoms with van der Waals surface area (Å²) in [6.45, 7) is 8.85. The lowest BCUT2D eigenvalue weighted by Crippen LogP contribution is -2.46. The van der Waals surface area contributed by atoms with Gasteiger partial charge in [0.25, 0.3) is 6.43 Å². The first-order chi connectivity index (χ1) is 20.6. The zero-order chi connectivity index (χ0) is 30.3. The van der Waals surface area contributed by atoms with Crippen LogP contribution in [0.1, 0.15) is 80.4 Å². The average molecular weight is 592 g/mol. The van der Waals surface area contributed by atoms with E-state index < -0.39 is 6.43 Å². The van der Waals surface area contributed by atoms with Crippen molar-refractivity contribution in [2.24, 2.45) is 0 Å². The molecule has 0 bridgehead atoms. The fourth-order valence-electron chi connectivity index (χ4n) is 6.87. The lowest BCUT2D eigenvalue weighted by molar-refractivity contribution is -0.130. The minimum atomic E-state index is -2.56. The number of hydrogen-bond donors (Lipinski definition) is 0. The summed E-state index contributed by atoms with van der Waals surface area (Å²) < 4.78 is 35.2. The van der Waals surface area contributed by atoms with Crippen LogP contribution in [0.15, 0.2) is 48.5 Å². The number of carbonyl (C=O) groups is 2. The van der Waals surface area contributed by atoms with Gasteiger partial charge in [-0.3, -0.25) is 9.48 Å². The van der Waals surface area contributed by atoms with Gasteiger partial charge in [-0.2, -0.15) is 5.10 Å². The Morgan fingerprint density at radius 3 is 2.49 bits per heavy atom. The number of halogens is 2. The number of alkyl halides is 2. The topological polar surface area (TPSA) is 70.9 Å². The van der Waals surface area contributed by atoms with E-state index in [0.29, 0.717) is 45.6 Å². The largest absolute Gasteiger partial charge is 0.445 e. The fraction of sp³-hybridized carbons (Fsp3) is 0.485. The van der Waals surface area contributed by atoms with Crippen molar-refractivity contribution in [3.05, 3.63) is 76.5 Å². The highest BCUT2D eigenvalue weighted by atomic mass is 19.3. The number of nitrogens with zero attached hydrogens (tertiary/aromatic N) is 5. The summed E-state index contributed by atoms with van der Waals surface area (Å²) in [6.07, 6.45) is 0.257. The second-order valence-corrected chi connectivity index (χ2v) is 12.6. The van der Waals surface area contributed by atoms with Crippen LogP contribution in [0.4, 0.5) is 25.1 Å². The number of fused-ring (bicyclic) bond motifs is 2. The quantitative estimate of drug-likeness (QED) is 0.338. The maximum atomic E-state index is 13.7. The van der Waals surface area contributed by atoms with Gasteiger partial charge in [0.1, 0.15) is 6.61 Å². The molecule has 2 amide bonds. The molecule has 228 valence electrons. The van der Waals surface area contributed by atoms with E-state index in [2.05, 4.69) is 23.4 Å². The van der Waals surface area contributed by atoms with E-state index in [1.165, 1.54) is 6.07 Å². The third kappa shape index (κ3) is 5.71. The number of amides is 2. The number of benzene rings is 2. The first kappa shape index (κ1) is 29.1. The molecular formula is C33H39F2N5O3. The number of aryl methyl sites for hydroxylation is 1. The Morgan fingerprint density at radius 2 is 1.79 bits per heavy atom. The van der Waals surface area contributed by atoms with Gasteiger partial charge >= 0.3 is 6.09 Å². The molecule has 1 aromatic heterocycles. The SMILES string of the molecule is CC(=O)N1Cc2c(N3CCCc4ccc(C(F)F)cc43)nn(C3CCN(C(=O)OCc4ccccc4)CC3)c2C(C)(C)C1. The molecule has 43 heavy (non-hydrogen) atoms. The van der Waals surface area contributed by atoms with E-state index >= 15 is 0 Å². The minimum absolute atomic E-state index is 0.00113. The molecule has 6 rings (SSSR count). The summed E-state index contributed by atoms with van der Waals surface area (Å²) in [7, 11) is 0. The number of anilines is 2. The Hall–Kier alpha value is -3.95. The zero-order valence-electron chi connectivity index (χ0n) is 25.1. The molecule has 8 nitrogen and oxygen atoms in total. The van der Waals surface area contributed by atoms with Crippen molar-refractivity contribution >= 4 is 23.5 Å². The van der Waals surface area contributed by atoms with Crippen molar-refractivity contribution in [2.75, 3.05) is 31.1 Å². The molecule has 0 saturated carbocycles. The van der Waals surface area contributed by atoms with Gasteiger partial charge < -0.3 is 19.4 Å². The lowest BCUT2D eigenvalue weighted by Gasteiger charge is -2.40. The lowest BCUT2D eigenvalue weighted by atomic mass is 9.82. The van der Waals surface area contributed by atoms with E-state index in [-0.39, 0.29) is 35.6 Å². The molecule has 0 unspecified atom stereocenters. The van der Waals surface area contributed by atoms with Gasteiger partial charge in [-0.25, -0.2) is 13.6 Å². The molecule has 10 heteroatoms. The average Bonchev–Trinajstić information content (AvgIpc) is 3.40. The molecule has 4 heterocycles. The van der Waals surface area contributed by atoms with Crippen LogP contribution in [0.3, 0.4) is 0 Å². The second-order valence-electron chi connectivity index (χ2n) is 12.6. The summed E-state index contributed by atoms with van der Waals surface area (Å²) in [6, 6.07) is 14.6. The smallest absolute Gasteiger partial charge is 0.410 e. The molecule has 1 saturated heterocycles. The van der Waals surface area contributed by atoms with Crippen LogP contribution >= 0.6 is 0 Å². The molecule has 0 spiro atoms. The van der Waals surface area contributed by atoms with Crippen LogP contribution < -0.4 is 4.90 Å². The maximum Gasteiger partial charge on any atom is 0.410 e. The highest BCUT2D eigenvalue weighted by Crippen LogP contribution is 2.44. The number of ether oxygens (including phenoxy) is 1. The molecule has 0 atom stereocenters. The molecule has 3 aromatic rings. The van der Waals surface area contributed by atoms with E-state index in [9.17, 15) is 18.4 Å². The Bertz CT molecular complexity index is 1500. The molecule has 3 aliphatic rings. The standard InChI is InChI=1S/C33H39F2N5O3/c1-22(41)38-19-27-29(33(2,3)21-38)40(26-13-16-37(17-14-26)32(42)43-20-23-8-5-4-6-9-23)36-31(27)39-15-7-10-24-11-12-25(30(34)35)18-28(24)39/h4-6,8-9,11-12,18,26,30H,7,10,13-17,19-21H2,1-3H3. The van der Waals surface area contributed by atoms with E-state index in [1.54, 1.807) is 17.9 Å². The summed E-state index contributed by atoms with van der Waals surface area (Å²) in [4.78, 5) is 31.1. The molecule has 0 radical (unpaired) electrons. The molecule has 0 aliphatic carbocycles. The van der Waals surface area contributed by atoms with Crippen LogP contribution in [0.5, 0.6) is 0 Å². The van der Waals surface area contributed by atoms with Crippen molar-refractivity contribution in [3.8, 4) is 0 Å². The monoisotopic (exact) mass is 591 g/mol. The third-order valence-electron chi connectivity index (χ3n) is 9.02. The van der Waals surface area contributed by atoms with Gasteiger partial charge in [0, 0.05) is 55.3 Å². The molecular weight excluding hydrogens is 552 g/mol. The highest BCUT2D eigenvalue weighted by molar-refractivity contribution is 5.76. The zero-order valence-corrected chi connectivity index (χ0v) is 25.1. The van der Waals surface area contributed by atoms with Gasteiger partial charge in [0.05, 0.1) is 18.3 Å². The van der Waals surface area contributed by atoms with Gasteiger partial charge in [0.2, 0.25) is 5.91 Å². The van der Waals surface area contributed by atoms with Crippen LogP contribution in [0.2, 0.25) is 0 Å². The van der Waals surface area contributed by atoms with Crippen LogP contribution in [0.25, 0.3) is 0 Å². The van der Waals surface area contributed by atoms with Gasteiger partial charge in [-0.1, -0.05) is 56.3 Å². The van der Waals surface area contributed by atoms with E-state index in [4.69, 9.17) is 9.84 Å². The maximum absolute atomic E-state index is 13.7. The Balaban J connectivity index is 1.30. The number of hydrogen-bond acceptors (Lipinski definition) is 5. The fourth-order valence-corrected chi connectivity index (χ4v) is 6.87. The van der Waals surface area contributed by atoms with Crippen LogP contribution in [-0.4, -0.2) is 57.8 Å².